The van der Waals surface area contributed by atoms with E-state index in [1.165, 1.54) is 18.6 Å². The zero-order valence-electron chi connectivity index (χ0n) is 8.31. The van der Waals surface area contributed by atoms with Crippen molar-refractivity contribution in [3.63, 3.8) is 0 Å². The fourth-order valence-corrected chi connectivity index (χ4v) is 1.30. The summed E-state index contributed by atoms with van der Waals surface area (Å²) in [7, 11) is 0. The second-order valence-corrected chi connectivity index (χ2v) is 3.14. The van der Waals surface area contributed by atoms with Gasteiger partial charge in [-0.1, -0.05) is 6.92 Å². The van der Waals surface area contributed by atoms with E-state index in [1.807, 2.05) is 13.0 Å². The summed E-state index contributed by atoms with van der Waals surface area (Å²) in [6, 6.07) is 3.26. The predicted molar refractivity (Wildman–Crippen MR) is 54.6 cm³/mol. The van der Waals surface area contributed by atoms with Crippen molar-refractivity contribution in [2.24, 2.45) is 0 Å². The molecule has 0 amide bonds. The van der Waals surface area contributed by atoms with Gasteiger partial charge < -0.3 is 0 Å². The van der Waals surface area contributed by atoms with E-state index >= 15 is 0 Å². The molecule has 2 heterocycles. The van der Waals surface area contributed by atoms with Crippen LogP contribution >= 0.6 is 0 Å². The van der Waals surface area contributed by atoms with Crippen LogP contribution in [-0.4, -0.2) is 15.0 Å². The monoisotopic (exact) mass is 203 g/mol. The quantitative estimate of drug-likeness (QED) is 0.751. The molecule has 0 aliphatic rings. The van der Waals surface area contributed by atoms with E-state index in [0.717, 1.165) is 12.1 Å². The van der Waals surface area contributed by atoms with Gasteiger partial charge in [0.1, 0.15) is 12.1 Å². The van der Waals surface area contributed by atoms with Gasteiger partial charge in [-0.05, 0) is 18.6 Å². The zero-order chi connectivity index (χ0) is 10.7. The molecule has 0 bridgehead atoms. The van der Waals surface area contributed by atoms with Crippen LogP contribution in [0.4, 0.5) is 4.39 Å². The average molecular weight is 203 g/mol. The first kappa shape index (κ1) is 9.71. The minimum Gasteiger partial charge on any atom is -0.261 e. The van der Waals surface area contributed by atoms with Crippen molar-refractivity contribution in [2.75, 3.05) is 0 Å². The summed E-state index contributed by atoms with van der Waals surface area (Å²) in [6.07, 6.45) is 5.08. The Balaban J connectivity index is 2.44. The van der Waals surface area contributed by atoms with Crippen LogP contribution in [0.2, 0.25) is 0 Å². The fraction of sp³-hybridized carbons (Fsp3) is 0.182. The Labute approximate surface area is 87.0 Å². The van der Waals surface area contributed by atoms with Gasteiger partial charge in [-0.3, -0.25) is 4.98 Å². The van der Waals surface area contributed by atoms with E-state index in [2.05, 4.69) is 15.0 Å². The molecule has 4 heteroatoms. The van der Waals surface area contributed by atoms with Crippen LogP contribution in [0, 0.1) is 5.82 Å². The van der Waals surface area contributed by atoms with Gasteiger partial charge in [-0.2, -0.15) is 0 Å². The van der Waals surface area contributed by atoms with Gasteiger partial charge in [0.15, 0.2) is 0 Å². The van der Waals surface area contributed by atoms with Crippen LogP contribution in [0.15, 0.2) is 30.9 Å². The van der Waals surface area contributed by atoms with Crippen LogP contribution < -0.4 is 0 Å². The molecule has 0 unspecified atom stereocenters. The Kier molecular flexibility index (Phi) is 2.67. The Morgan fingerprint density at radius 1 is 1.20 bits per heavy atom. The Bertz CT molecular complexity index is 471. The zero-order valence-corrected chi connectivity index (χ0v) is 8.31. The van der Waals surface area contributed by atoms with Gasteiger partial charge in [0.2, 0.25) is 0 Å². The SMILES string of the molecule is CCc1cc(-c2cncc(F)c2)ncn1. The predicted octanol–water partition coefficient (Wildman–Crippen LogP) is 2.24. The van der Waals surface area contributed by atoms with Gasteiger partial charge in [0.05, 0.1) is 11.9 Å². The van der Waals surface area contributed by atoms with Crippen LogP contribution in [0.25, 0.3) is 11.3 Å². The fourth-order valence-electron chi connectivity index (χ4n) is 1.30. The molecule has 3 nitrogen and oxygen atoms in total. The van der Waals surface area contributed by atoms with Gasteiger partial charge in [-0.15, -0.1) is 0 Å². The minimum absolute atomic E-state index is 0.357. The standard InChI is InChI=1S/C11H10FN3/c1-2-10-4-11(15-7-14-10)8-3-9(12)6-13-5-8/h3-7H,2H2,1H3. The third kappa shape index (κ3) is 2.15. The maximum atomic E-state index is 12.9. The Morgan fingerprint density at radius 3 is 2.80 bits per heavy atom. The molecule has 0 aromatic carbocycles. The molecule has 2 rings (SSSR count). The molecule has 0 saturated carbocycles. The molecule has 0 fully saturated rings. The normalized spacial score (nSPS) is 10.3. The van der Waals surface area contributed by atoms with Crippen LogP contribution in [0.1, 0.15) is 12.6 Å². The molecule has 76 valence electrons. The van der Waals surface area contributed by atoms with Crippen molar-refractivity contribution in [3.05, 3.63) is 42.4 Å². The highest BCUT2D eigenvalue weighted by Crippen LogP contribution is 2.16. The molecule has 0 atom stereocenters. The highest BCUT2D eigenvalue weighted by molar-refractivity contribution is 5.57. The maximum absolute atomic E-state index is 12.9. The largest absolute Gasteiger partial charge is 0.261 e. The first-order chi connectivity index (χ1) is 7.29. The minimum atomic E-state index is -0.357. The van der Waals surface area contributed by atoms with E-state index in [1.54, 1.807) is 6.20 Å². The summed E-state index contributed by atoms with van der Waals surface area (Å²) in [4.78, 5) is 11.9. The van der Waals surface area contributed by atoms with Crippen LogP contribution in [0.5, 0.6) is 0 Å². The number of rotatable bonds is 2. The highest BCUT2D eigenvalue weighted by Gasteiger charge is 2.02. The molecule has 0 N–H and O–H groups in total. The Hall–Kier alpha value is -1.84. The molecular formula is C11H10FN3. The molecule has 15 heavy (non-hydrogen) atoms. The third-order valence-electron chi connectivity index (χ3n) is 2.09. The number of hydrogen-bond donors (Lipinski definition) is 0. The topological polar surface area (TPSA) is 38.7 Å². The van der Waals surface area contributed by atoms with Gasteiger partial charge in [0, 0.05) is 17.5 Å². The van der Waals surface area contributed by atoms with E-state index in [4.69, 9.17) is 0 Å². The van der Waals surface area contributed by atoms with Crippen LogP contribution in [-0.2, 0) is 6.42 Å². The van der Waals surface area contributed by atoms with Crippen molar-refractivity contribution in [1.29, 1.82) is 0 Å². The number of hydrogen-bond acceptors (Lipinski definition) is 3. The van der Waals surface area contributed by atoms with Crippen molar-refractivity contribution in [2.45, 2.75) is 13.3 Å². The van der Waals surface area contributed by atoms with Crippen molar-refractivity contribution in [3.8, 4) is 11.3 Å². The Morgan fingerprint density at radius 2 is 2.07 bits per heavy atom. The molecule has 2 aromatic heterocycles. The second kappa shape index (κ2) is 4.13. The number of pyridine rings is 1. The summed E-state index contributed by atoms with van der Waals surface area (Å²) in [5.74, 6) is -0.357. The molecule has 0 radical (unpaired) electrons. The number of aromatic nitrogens is 3. The molecule has 0 saturated heterocycles. The van der Waals surface area contributed by atoms with Crippen molar-refractivity contribution in [1.82, 2.24) is 15.0 Å². The lowest BCUT2D eigenvalue weighted by Crippen LogP contribution is -1.92. The molecule has 0 aliphatic carbocycles. The smallest absolute Gasteiger partial charge is 0.142 e. The molecule has 2 aromatic rings. The number of halogens is 1. The van der Waals surface area contributed by atoms with Crippen molar-refractivity contribution < 1.29 is 4.39 Å². The van der Waals surface area contributed by atoms with E-state index < -0.39 is 0 Å². The average Bonchev–Trinajstić information content (AvgIpc) is 2.29. The lowest BCUT2D eigenvalue weighted by atomic mass is 10.1. The first-order valence-electron chi connectivity index (χ1n) is 4.71. The molecule has 0 spiro atoms. The van der Waals surface area contributed by atoms with Gasteiger partial charge in [-0.25, -0.2) is 14.4 Å². The molecular weight excluding hydrogens is 193 g/mol. The number of aryl methyl sites for hydroxylation is 1. The number of nitrogens with zero attached hydrogens (tertiary/aromatic N) is 3. The van der Waals surface area contributed by atoms with E-state index in [9.17, 15) is 4.39 Å². The molecule has 0 aliphatic heterocycles. The van der Waals surface area contributed by atoms with Gasteiger partial charge >= 0.3 is 0 Å². The summed E-state index contributed by atoms with van der Waals surface area (Å²) in [5, 5.41) is 0. The lowest BCUT2D eigenvalue weighted by Gasteiger charge is -2.01. The summed E-state index contributed by atoms with van der Waals surface area (Å²) in [6.45, 7) is 2.01. The highest BCUT2D eigenvalue weighted by atomic mass is 19.1. The summed E-state index contributed by atoms with van der Waals surface area (Å²) in [5.41, 5.74) is 2.31. The second-order valence-electron chi connectivity index (χ2n) is 3.14. The first-order valence-corrected chi connectivity index (χ1v) is 4.71. The van der Waals surface area contributed by atoms with Crippen molar-refractivity contribution >= 4 is 0 Å². The maximum Gasteiger partial charge on any atom is 0.142 e. The van der Waals surface area contributed by atoms with Crippen LogP contribution in [0.3, 0.4) is 0 Å². The van der Waals surface area contributed by atoms with E-state index in [0.29, 0.717) is 11.3 Å². The third-order valence-corrected chi connectivity index (χ3v) is 2.09. The lowest BCUT2D eigenvalue weighted by molar-refractivity contribution is 0.622. The van der Waals surface area contributed by atoms with E-state index in [-0.39, 0.29) is 5.82 Å². The van der Waals surface area contributed by atoms with Gasteiger partial charge in [0.25, 0.3) is 0 Å². The summed E-state index contributed by atoms with van der Waals surface area (Å²) >= 11 is 0. The summed E-state index contributed by atoms with van der Waals surface area (Å²) < 4.78 is 12.9.